The SMILES string of the molecule is NC1(C(=O)O)CCCC=C1S(=O)[O-]. The molecule has 0 aliphatic heterocycles. The van der Waals surface area contributed by atoms with Gasteiger partial charge in [0.2, 0.25) is 0 Å². The normalized spacial score (nSPS) is 30.8. The zero-order chi connectivity index (χ0) is 10.1. The second-order valence-corrected chi connectivity index (χ2v) is 3.88. The number of nitrogens with two attached hydrogens (primary N) is 1. The Bertz CT molecular complexity index is 288. The van der Waals surface area contributed by atoms with E-state index in [4.69, 9.17) is 10.8 Å². The highest BCUT2D eigenvalue weighted by atomic mass is 32.2. The van der Waals surface area contributed by atoms with Gasteiger partial charge in [-0.15, -0.1) is 0 Å². The Morgan fingerprint density at radius 1 is 1.77 bits per heavy atom. The van der Waals surface area contributed by atoms with Crippen molar-refractivity contribution in [1.82, 2.24) is 0 Å². The number of carbonyl (C=O) groups is 1. The fraction of sp³-hybridized carbons (Fsp3) is 0.571. The molecular weight excluding hydrogens is 194 g/mol. The molecule has 0 saturated carbocycles. The molecule has 0 aromatic heterocycles. The standard InChI is InChI=1S/C7H11NO4S/c8-7(6(9)10)4-2-1-3-5(7)13(11)12/h3H,1-2,4,8H2,(H,9,10)(H,11,12)/p-1. The summed E-state index contributed by atoms with van der Waals surface area (Å²) in [6, 6.07) is 0. The summed E-state index contributed by atoms with van der Waals surface area (Å²) in [4.78, 5) is 10.5. The average Bonchev–Trinajstić information content (AvgIpc) is 2.04. The fourth-order valence-corrected chi connectivity index (χ4v) is 2.09. The summed E-state index contributed by atoms with van der Waals surface area (Å²) >= 11 is -2.54. The van der Waals surface area contributed by atoms with E-state index in [2.05, 4.69) is 0 Å². The summed E-state index contributed by atoms with van der Waals surface area (Å²) in [7, 11) is 0. The van der Waals surface area contributed by atoms with Gasteiger partial charge in [-0.3, -0.25) is 4.21 Å². The van der Waals surface area contributed by atoms with Crippen LogP contribution in [0, 0.1) is 0 Å². The lowest BCUT2D eigenvalue weighted by atomic mass is 9.88. The summed E-state index contributed by atoms with van der Waals surface area (Å²) in [5.74, 6) is -1.29. The molecule has 1 aliphatic carbocycles. The van der Waals surface area contributed by atoms with Gasteiger partial charge in [0, 0.05) is 4.91 Å². The number of aliphatic carboxylic acids is 1. The third kappa shape index (κ3) is 1.79. The highest BCUT2D eigenvalue weighted by Crippen LogP contribution is 2.28. The second kappa shape index (κ2) is 3.57. The molecule has 0 fully saturated rings. The molecule has 0 amide bonds. The molecule has 74 valence electrons. The Hall–Kier alpha value is -0.720. The van der Waals surface area contributed by atoms with Gasteiger partial charge < -0.3 is 15.4 Å². The maximum absolute atomic E-state index is 10.8. The van der Waals surface area contributed by atoms with Crippen molar-refractivity contribution in [2.24, 2.45) is 5.73 Å². The summed E-state index contributed by atoms with van der Waals surface area (Å²) in [6.07, 6.45) is 2.71. The molecule has 0 aromatic carbocycles. The van der Waals surface area contributed by atoms with Gasteiger partial charge >= 0.3 is 5.97 Å². The van der Waals surface area contributed by atoms with Crippen molar-refractivity contribution in [3.05, 3.63) is 11.0 Å². The van der Waals surface area contributed by atoms with Crippen LogP contribution in [0.15, 0.2) is 11.0 Å². The Morgan fingerprint density at radius 2 is 2.38 bits per heavy atom. The van der Waals surface area contributed by atoms with Crippen molar-refractivity contribution in [2.75, 3.05) is 0 Å². The van der Waals surface area contributed by atoms with E-state index in [9.17, 15) is 13.6 Å². The van der Waals surface area contributed by atoms with Gasteiger partial charge in [0.25, 0.3) is 0 Å². The van der Waals surface area contributed by atoms with E-state index >= 15 is 0 Å². The number of carboxylic acids is 1. The van der Waals surface area contributed by atoms with Gasteiger partial charge in [-0.05, 0) is 30.3 Å². The van der Waals surface area contributed by atoms with Crippen LogP contribution in [0.2, 0.25) is 0 Å². The van der Waals surface area contributed by atoms with Crippen LogP contribution in [-0.2, 0) is 15.9 Å². The Labute approximate surface area is 77.9 Å². The van der Waals surface area contributed by atoms with Crippen molar-refractivity contribution >= 4 is 17.0 Å². The first-order chi connectivity index (χ1) is 5.98. The predicted molar refractivity (Wildman–Crippen MR) is 45.4 cm³/mol. The molecule has 0 bridgehead atoms. The largest absolute Gasteiger partial charge is 0.769 e. The van der Waals surface area contributed by atoms with Crippen LogP contribution in [-0.4, -0.2) is 25.4 Å². The smallest absolute Gasteiger partial charge is 0.328 e. The van der Waals surface area contributed by atoms with Crippen LogP contribution in [0.3, 0.4) is 0 Å². The van der Waals surface area contributed by atoms with E-state index in [0.29, 0.717) is 12.8 Å². The molecule has 0 spiro atoms. The summed E-state index contributed by atoms with van der Waals surface area (Å²) < 4.78 is 21.3. The molecule has 2 atom stereocenters. The summed E-state index contributed by atoms with van der Waals surface area (Å²) in [6.45, 7) is 0. The molecule has 0 radical (unpaired) electrons. The Morgan fingerprint density at radius 3 is 2.77 bits per heavy atom. The minimum absolute atomic E-state index is 0.169. The molecular formula is C7H10NO4S-. The minimum atomic E-state index is -2.54. The van der Waals surface area contributed by atoms with Crippen molar-refractivity contribution in [3.8, 4) is 0 Å². The first-order valence-electron chi connectivity index (χ1n) is 3.80. The van der Waals surface area contributed by atoms with Crippen LogP contribution < -0.4 is 5.73 Å². The van der Waals surface area contributed by atoms with E-state index in [0.717, 1.165) is 0 Å². The van der Waals surface area contributed by atoms with Crippen LogP contribution in [0.25, 0.3) is 0 Å². The average molecular weight is 204 g/mol. The highest BCUT2D eigenvalue weighted by molar-refractivity contribution is 7.83. The monoisotopic (exact) mass is 204 g/mol. The lowest BCUT2D eigenvalue weighted by molar-refractivity contribution is -0.142. The summed E-state index contributed by atoms with van der Waals surface area (Å²) in [5.41, 5.74) is 3.77. The molecule has 1 aliphatic rings. The van der Waals surface area contributed by atoms with Crippen molar-refractivity contribution in [1.29, 1.82) is 0 Å². The Kier molecular flexibility index (Phi) is 2.84. The van der Waals surface area contributed by atoms with Gasteiger partial charge in [-0.1, -0.05) is 6.08 Å². The minimum Gasteiger partial charge on any atom is -0.769 e. The molecule has 0 saturated heterocycles. The fourth-order valence-electron chi connectivity index (χ4n) is 1.35. The molecule has 3 N–H and O–H groups in total. The molecule has 5 nitrogen and oxygen atoms in total. The molecule has 0 heterocycles. The van der Waals surface area contributed by atoms with Gasteiger partial charge in [0.05, 0.1) is 0 Å². The van der Waals surface area contributed by atoms with E-state index in [1.807, 2.05) is 0 Å². The van der Waals surface area contributed by atoms with Gasteiger partial charge in [0.1, 0.15) is 5.54 Å². The lowest BCUT2D eigenvalue weighted by Crippen LogP contribution is -2.51. The van der Waals surface area contributed by atoms with Crippen molar-refractivity contribution in [2.45, 2.75) is 24.8 Å². The zero-order valence-electron chi connectivity index (χ0n) is 6.86. The van der Waals surface area contributed by atoms with Gasteiger partial charge in [-0.25, -0.2) is 4.79 Å². The van der Waals surface area contributed by atoms with E-state index in [1.54, 1.807) is 0 Å². The van der Waals surface area contributed by atoms with Crippen LogP contribution >= 0.6 is 0 Å². The zero-order valence-corrected chi connectivity index (χ0v) is 7.67. The quantitative estimate of drug-likeness (QED) is 0.602. The molecule has 13 heavy (non-hydrogen) atoms. The third-order valence-corrected chi connectivity index (χ3v) is 3.00. The third-order valence-electron chi connectivity index (χ3n) is 2.11. The second-order valence-electron chi connectivity index (χ2n) is 2.97. The number of allylic oxidation sites excluding steroid dienone is 1. The molecule has 1 rings (SSSR count). The van der Waals surface area contributed by atoms with Crippen molar-refractivity contribution < 1.29 is 18.7 Å². The number of carboxylic acid groups (broad SMARTS) is 1. The number of hydrogen-bond donors (Lipinski definition) is 2. The lowest BCUT2D eigenvalue weighted by Gasteiger charge is -2.31. The van der Waals surface area contributed by atoms with Crippen molar-refractivity contribution in [3.63, 3.8) is 0 Å². The summed E-state index contributed by atoms with van der Waals surface area (Å²) in [5, 5.41) is 8.78. The highest BCUT2D eigenvalue weighted by Gasteiger charge is 2.39. The molecule has 6 heteroatoms. The molecule has 2 unspecified atom stereocenters. The number of rotatable bonds is 2. The maximum atomic E-state index is 10.8. The van der Waals surface area contributed by atoms with Crippen LogP contribution in [0.5, 0.6) is 0 Å². The Balaban J connectivity index is 3.08. The first kappa shape index (κ1) is 10.4. The number of hydrogen-bond acceptors (Lipinski definition) is 4. The molecule has 0 aromatic rings. The predicted octanol–water partition coefficient (Wildman–Crippen LogP) is -0.285. The first-order valence-corrected chi connectivity index (χ1v) is 4.88. The maximum Gasteiger partial charge on any atom is 0.328 e. The van der Waals surface area contributed by atoms with E-state index in [1.165, 1.54) is 6.08 Å². The van der Waals surface area contributed by atoms with E-state index < -0.39 is 22.6 Å². The topological polar surface area (TPSA) is 103 Å². The van der Waals surface area contributed by atoms with Gasteiger partial charge in [-0.2, -0.15) is 0 Å². The van der Waals surface area contributed by atoms with E-state index in [-0.39, 0.29) is 11.3 Å². The van der Waals surface area contributed by atoms with Crippen LogP contribution in [0.1, 0.15) is 19.3 Å². The van der Waals surface area contributed by atoms with Gasteiger partial charge in [0.15, 0.2) is 0 Å². The van der Waals surface area contributed by atoms with Crippen LogP contribution in [0.4, 0.5) is 0 Å².